The van der Waals surface area contributed by atoms with Gasteiger partial charge in [-0.05, 0) is 48.9 Å². The molecule has 3 nitrogen and oxygen atoms in total. The van der Waals surface area contributed by atoms with E-state index in [2.05, 4.69) is 11.9 Å². The normalized spacial score (nSPS) is 15.9. The third kappa shape index (κ3) is 3.98. The van der Waals surface area contributed by atoms with Gasteiger partial charge in [-0.1, -0.05) is 0 Å². The van der Waals surface area contributed by atoms with Crippen LogP contribution in [0.25, 0.3) is 6.08 Å². The summed E-state index contributed by atoms with van der Waals surface area (Å²) in [5, 5.41) is 10.6. The van der Waals surface area contributed by atoms with Crippen LogP contribution < -0.4 is 0 Å². The zero-order valence-electron chi connectivity index (χ0n) is 9.93. The van der Waals surface area contributed by atoms with Crippen molar-refractivity contribution in [1.82, 2.24) is 4.90 Å². The molecule has 1 aliphatic carbocycles. The molecule has 4 heteroatoms. The number of aliphatic carboxylic acids is 1. The van der Waals surface area contributed by atoms with Crippen LogP contribution in [0.15, 0.2) is 17.5 Å². The fraction of sp³-hybridized carbons (Fsp3) is 0.462. The van der Waals surface area contributed by atoms with Gasteiger partial charge < -0.3 is 10.0 Å². The van der Waals surface area contributed by atoms with Gasteiger partial charge in [0, 0.05) is 24.0 Å². The van der Waals surface area contributed by atoms with E-state index >= 15 is 0 Å². The number of carbonyl (C=O) groups is 1. The van der Waals surface area contributed by atoms with E-state index in [0.29, 0.717) is 0 Å². The number of carboxylic acids is 1. The maximum atomic E-state index is 10.5. The summed E-state index contributed by atoms with van der Waals surface area (Å²) in [6.07, 6.45) is 5.60. The van der Waals surface area contributed by atoms with Gasteiger partial charge in [-0.25, -0.2) is 4.79 Å². The van der Waals surface area contributed by atoms with E-state index < -0.39 is 5.97 Å². The molecule has 1 fully saturated rings. The minimum Gasteiger partial charge on any atom is -0.478 e. The molecule has 1 N–H and O–H groups in total. The van der Waals surface area contributed by atoms with Crippen molar-refractivity contribution >= 4 is 23.4 Å². The molecule has 0 bridgehead atoms. The topological polar surface area (TPSA) is 40.5 Å². The summed E-state index contributed by atoms with van der Waals surface area (Å²) in [7, 11) is 2.13. The van der Waals surface area contributed by atoms with Gasteiger partial charge >= 0.3 is 5.97 Å². The van der Waals surface area contributed by atoms with Crippen molar-refractivity contribution < 1.29 is 9.90 Å². The van der Waals surface area contributed by atoms with Crippen molar-refractivity contribution in [3.63, 3.8) is 0 Å². The second-order valence-corrected chi connectivity index (χ2v) is 5.61. The van der Waals surface area contributed by atoms with Gasteiger partial charge in [-0.2, -0.15) is 0 Å². The van der Waals surface area contributed by atoms with Crippen LogP contribution in [0, 0.1) is 5.92 Å². The smallest absolute Gasteiger partial charge is 0.328 e. The zero-order chi connectivity index (χ0) is 12.3. The van der Waals surface area contributed by atoms with Crippen LogP contribution in [-0.2, 0) is 11.3 Å². The summed E-state index contributed by atoms with van der Waals surface area (Å²) in [5.74, 6) is -0.00791. The van der Waals surface area contributed by atoms with Crippen molar-refractivity contribution in [1.29, 1.82) is 0 Å². The molecule has 1 aliphatic rings. The zero-order valence-corrected chi connectivity index (χ0v) is 10.7. The van der Waals surface area contributed by atoms with Crippen molar-refractivity contribution in [3.8, 4) is 0 Å². The summed E-state index contributed by atoms with van der Waals surface area (Å²) in [6.45, 7) is 2.06. The first-order valence-electron chi connectivity index (χ1n) is 5.81. The molecule has 0 radical (unpaired) electrons. The summed E-state index contributed by atoms with van der Waals surface area (Å²) >= 11 is 1.69. The SMILES string of the molecule is CN(Cc1sccc1C=CC(=O)O)CC1CC1. The van der Waals surface area contributed by atoms with Gasteiger partial charge in [0.05, 0.1) is 0 Å². The van der Waals surface area contributed by atoms with Gasteiger partial charge in [0.2, 0.25) is 0 Å². The van der Waals surface area contributed by atoms with E-state index in [1.807, 2.05) is 11.4 Å². The maximum Gasteiger partial charge on any atom is 0.328 e. The minimum absolute atomic E-state index is 0.887. The maximum absolute atomic E-state index is 10.5. The number of rotatable bonds is 6. The fourth-order valence-electron chi connectivity index (χ4n) is 1.84. The Bertz CT molecular complexity index is 421. The van der Waals surface area contributed by atoms with Crippen LogP contribution in [0.1, 0.15) is 23.3 Å². The molecular formula is C13H17NO2S. The average Bonchev–Trinajstić information content (AvgIpc) is 2.94. The van der Waals surface area contributed by atoms with Gasteiger partial charge in [-0.3, -0.25) is 0 Å². The Morgan fingerprint density at radius 2 is 2.41 bits per heavy atom. The molecular weight excluding hydrogens is 234 g/mol. The summed E-state index contributed by atoms with van der Waals surface area (Å²) in [6, 6.07) is 1.98. The molecule has 1 heterocycles. The van der Waals surface area contributed by atoms with E-state index in [1.165, 1.54) is 23.8 Å². The van der Waals surface area contributed by atoms with Crippen LogP contribution in [0.4, 0.5) is 0 Å². The third-order valence-electron chi connectivity index (χ3n) is 2.87. The lowest BCUT2D eigenvalue weighted by molar-refractivity contribution is -0.131. The molecule has 1 aromatic heterocycles. The summed E-state index contributed by atoms with van der Waals surface area (Å²) in [4.78, 5) is 14.1. The van der Waals surface area contributed by atoms with E-state index in [-0.39, 0.29) is 0 Å². The molecule has 0 saturated heterocycles. The van der Waals surface area contributed by atoms with Crippen LogP contribution in [0.3, 0.4) is 0 Å². The second-order valence-electron chi connectivity index (χ2n) is 4.61. The predicted octanol–water partition coefficient (Wildman–Crippen LogP) is 2.69. The van der Waals surface area contributed by atoms with Gasteiger partial charge in [0.25, 0.3) is 0 Å². The lowest BCUT2D eigenvalue weighted by Crippen LogP contribution is -2.20. The number of hydrogen-bond donors (Lipinski definition) is 1. The van der Waals surface area contributed by atoms with Crippen LogP contribution >= 0.6 is 11.3 Å². The fourth-order valence-corrected chi connectivity index (χ4v) is 2.79. The minimum atomic E-state index is -0.895. The Morgan fingerprint density at radius 3 is 3.06 bits per heavy atom. The van der Waals surface area contributed by atoms with Crippen molar-refractivity contribution in [3.05, 3.63) is 28.0 Å². The third-order valence-corrected chi connectivity index (χ3v) is 3.79. The molecule has 0 aliphatic heterocycles. The Kier molecular flexibility index (Phi) is 3.97. The number of carboxylic acid groups (broad SMARTS) is 1. The highest BCUT2D eigenvalue weighted by Crippen LogP contribution is 2.30. The van der Waals surface area contributed by atoms with Crippen molar-refractivity contribution in [2.24, 2.45) is 5.92 Å². The van der Waals surface area contributed by atoms with Gasteiger partial charge in [0.1, 0.15) is 0 Å². The quantitative estimate of drug-likeness (QED) is 0.790. The molecule has 1 saturated carbocycles. The number of thiophene rings is 1. The summed E-state index contributed by atoms with van der Waals surface area (Å²) < 4.78 is 0. The van der Waals surface area contributed by atoms with Crippen LogP contribution in [-0.4, -0.2) is 29.6 Å². The van der Waals surface area contributed by atoms with Crippen LogP contribution in [0.2, 0.25) is 0 Å². The first-order chi connectivity index (χ1) is 8.15. The monoisotopic (exact) mass is 251 g/mol. The molecule has 1 aromatic rings. The van der Waals surface area contributed by atoms with Gasteiger partial charge in [0.15, 0.2) is 0 Å². The lowest BCUT2D eigenvalue weighted by Gasteiger charge is -2.15. The number of nitrogens with zero attached hydrogens (tertiary/aromatic N) is 1. The Balaban J connectivity index is 1.95. The molecule has 0 atom stereocenters. The first kappa shape index (κ1) is 12.3. The number of hydrogen-bond acceptors (Lipinski definition) is 3. The summed E-state index contributed by atoms with van der Waals surface area (Å²) in [5.41, 5.74) is 1.03. The predicted molar refractivity (Wildman–Crippen MR) is 70.0 cm³/mol. The molecule has 0 spiro atoms. The lowest BCUT2D eigenvalue weighted by atomic mass is 10.2. The van der Waals surface area contributed by atoms with Crippen molar-refractivity contribution in [2.45, 2.75) is 19.4 Å². The molecule has 0 aromatic carbocycles. The van der Waals surface area contributed by atoms with Crippen molar-refractivity contribution in [2.75, 3.05) is 13.6 Å². The first-order valence-corrected chi connectivity index (χ1v) is 6.69. The Labute approximate surface area is 105 Å². The highest BCUT2D eigenvalue weighted by molar-refractivity contribution is 7.10. The second kappa shape index (κ2) is 5.47. The highest BCUT2D eigenvalue weighted by atomic mass is 32.1. The highest BCUT2D eigenvalue weighted by Gasteiger charge is 2.22. The molecule has 2 rings (SSSR count). The average molecular weight is 251 g/mol. The molecule has 0 unspecified atom stereocenters. The Hall–Kier alpha value is -1.13. The van der Waals surface area contributed by atoms with E-state index in [1.54, 1.807) is 17.4 Å². The molecule has 92 valence electrons. The van der Waals surface area contributed by atoms with Crippen LogP contribution in [0.5, 0.6) is 0 Å². The Morgan fingerprint density at radius 1 is 1.65 bits per heavy atom. The van der Waals surface area contributed by atoms with E-state index in [0.717, 1.165) is 24.6 Å². The van der Waals surface area contributed by atoms with E-state index in [9.17, 15) is 4.79 Å². The van der Waals surface area contributed by atoms with E-state index in [4.69, 9.17) is 5.11 Å². The molecule has 17 heavy (non-hydrogen) atoms. The largest absolute Gasteiger partial charge is 0.478 e. The molecule has 0 amide bonds. The standard InChI is InChI=1S/C13H17NO2S/c1-14(8-10-2-3-10)9-12-11(6-7-17-12)4-5-13(15)16/h4-7,10H,2-3,8-9H2,1H3,(H,15,16). The van der Waals surface area contributed by atoms with Gasteiger partial charge in [-0.15, -0.1) is 11.3 Å².